The summed E-state index contributed by atoms with van der Waals surface area (Å²) in [6.45, 7) is 3.24. The van der Waals surface area contributed by atoms with Crippen molar-refractivity contribution in [1.82, 2.24) is 14.9 Å². The van der Waals surface area contributed by atoms with E-state index >= 15 is 0 Å². The van der Waals surface area contributed by atoms with Crippen molar-refractivity contribution in [2.45, 2.75) is 12.5 Å². The predicted molar refractivity (Wildman–Crippen MR) is 126 cm³/mol. The minimum atomic E-state index is -0.458. The van der Waals surface area contributed by atoms with E-state index in [0.717, 1.165) is 42.9 Å². The molecule has 7 nitrogen and oxygen atoms in total. The Morgan fingerprint density at radius 3 is 2.75 bits per heavy atom. The molecule has 1 amide bonds. The predicted octanol–water partition coefficient (Wildman–Crippen LogP) is 2.92. The molecule has 0 unspecified atom stereocenters. The van der Waals surface area contributed by atoms with Gasteiger partial charge in [0, 0.05) is 51.1 Å². The summed E-state index contributed by atoms with van der Waals surface area (Å²) in [6.07, 6.45) is 2.62. The zero-order valence-electron chi connectivity index (χ0n) is 18.6. The van der Waals surface area contributed by atoms with E-state index in [1.54, 1.807) is 12.1 Å². The smallest absolute Gasteiger partial charge is 0.248 e. The van der Waals surface area contributed by atoms with Crippen LogP contribution in [0, 0.1) is 0 Å². The molecule has 1 saturated heterocycles. The highest BCUT2D eigenvalue weighted by Gasteiger charge is 2.27. The Morgan fingerprint density at radius 1 is 1.19 bits per heavy atom. The second-order valence-electron chi connectivity index (χ2n) is 8.20. The van der Waals surface area contributed by atoms with E-state index in [0.29, 0.717) is 18.1 Å². The molecule has 1 fully saturated rings. The Kier molecular flexibility index (Phi) is 6.78. The lowest BCUT2D eigenvalue weighted by Gasteiger charge is -2.33. The van der Waals surface area contributed by atoms with E-state index in [2.05, 4.69) is 34.1 Å². The van der Waals surface area contributed by atoms with Crippen molar-refractivity contribution < 1.29 is 9.53 Å². The Labute approximate surface area is 188 Å². The molecule has 0 radical (unpaired) electrons. The highest BCUT2D eigenvalue weighted by atomic mass is 16.5. The van der Waals surface area contributed by atoms with E-state index in [4.69, 9.17) is 15.5 Å². The number of primary amides is 1. The highest BCUT2D eigenvalue weighted by molar-refractivity contribution is 5.94. The summed E-state index contributed by atoms with van der Waals surface area (Å²) in [5.41, 5.74) is 9.82. The monoisotopic (exact) mass is 431 g/mol. The molecule has 1 aliphatic rings. The summed E-state index contributed by atoms with van der Waals surface area (Å²) in [5.74, 6) is 0.167. The summed E-state index contributed by atoms with van der Waals surface area (Å²) >= 11 is 0. The topological polar surface area (TPSA) is 84.6 Å². The van der Waals surface area contributed by atoms with Crippen LogP contribution in [0.3, 0.4) is 0 Å². The van der Waals surface area contributed by atoms with E-state index < -0.39 is 5.91 Å². The van der Waals surface area contributed by atoms with Crippen LogP contribution in [-0.2, 0) is 11.2 Å². The van der Waals surface area contributed by atoms with Crippen molar-refractivity contribution in [3.05, 3.63) is 77.6 Å². The summed E-state index contributed by atoms with van der Waals surface area (Å²) in [6, 6.07) is 17.8. The first-order chi connectivity index (χ1) is 15.5. The lowest BCUT2D eigenvalue weighted by Crippen LogP contribution is -2.40. The third kappa shape index (κ3) is 5.12. The van der Waals surface area contributed by atoms with Crippen molar-refractivity contribution in [3.63, 3.8) is 0 Å². The standard InChI is InChI=1S/C25H29N5O2/c1-29(2)25-27-16-21(19-9-6-10-20(15-19)24(26)31)23(28-25)22-17-30(13-14-32-22)12-11-18-7-4-3-5-8-18/h3-10,15-16,22H,11-14,17H2,1-2H3,(H2,26,31)/t22-/m1/s1. The molecule has 0 aliphatic carbocycles. The Hall–Kier alpha value is -3.29. The van der Waals surface area contributed by atoms with Crippen LogP contribution in [-0.4, -0.2) is 61.1 Å². The number of anilines is 1. The Balaban J connectivity index is 1.61. The number of hydrogen-bond donors (Lipinski definition) is 1. The average Bonchev–Trinajstić information content (AvgIpc) is 2.83. The van der Waals surface area contributed by atoms with Gasteiger partial charge in [-0.3, -0.25) is 9.69 Å². The molecule has 0 bridgehead atoms. The van der Waals surface area contributed by atoms with Crippen LogP contribution in [0.25, 0.3) is 11.1 Å². The molecule has 1 atom stereocenters. The van der Waals surface area contributed by atoms with Crippen LogP contribution in [0.15, 0.2) is 60.8 Å². The molecule has 2 aromatic carbocycles. The van der Waals surface area contributed by atoms with E-state index in [-0.39, 0.29) is 6.10 Å². The molecule has 166 valence electrons. The average molecular weight is 432 g/mol. The lowest BCUT2D eigenvalue weighted by molar-refractivity contribution is -0.0313. The molecule has 3 aromatic rings. The van der Waals surface area contributed by atoms with Gasteiger partial charge >= 0.3 is 0 Å². The fourth-order valence-electron chi connectivity index (χ4n) is 3.91. The highest BCUT2D eigenvalue weighted by Crippen LogP contribution is 2.32. The zero-order valence-corrected chi connectivity index (χ0v) is 18.6. The van der Waals surface area contributed by atoms with Gasteiger partial charge in [0.15, 0.2) is 0 Å². The van der Waals surface area contributed by atoms with Gasteiger partial charge in [0.05, 0.1) is 12.3 Å². The molecule has 1 aliphatic heterocycles. The van der Waals surface area contributed by atoms with Crippen LogP contribution in [0.1, 0.15) is 27.7 Å². The number of nitrogens with two attached hydrogens (primary N) is 1. The minimum Gasteiger partial charge on any atom is -0.369 e. The Bertz CT molecular complexity index is 1070. The lowest BCUT2D eigenvalue weighted by atomic mass is 9.99. The van der Waals surface area contributed by atoms with E-state index in [9.17, 15) is 4.79 Å². The van der Waals surface area contributed by atoms with Gasteiger partial charge in [-0.05, 0) is 29.7 Å². The maximum atomic E-state index is 11.7. The first-order valence-electron chi connectivity index (χ1n) is 10.8. The van der Waals surface area contributed by atoms with Gasteiger partial charge in [0.2, 0.25) is 11.9 Å². The van der Waals surface area contributed by atoms with Gasteiger partial charge in [-0.15, -0.1) is 0 Å². The van der Waals surface area contributed by atoms with Crippen LogP contribution in [0.2, 0.25) is 0 Å². The van der Waals surface area contributed by atoms with Gasteiger partial charge < -0.3 is 15.4 Å². The molecule has 0 saturated carbocycles. The number of ether oxygens (including phenoxy) is 1. The third-order valence-corrected chi connectivity index (χ3v) is 5.68. The number of carbonyl (C=O) groups is 1. The normalized spacial score (nSPS) is 16.6. The number of aromatic nitrogens is 2. The summed E-state index contributed by atoms with van der Waals surface area (Å²) in [5, 5.41) is 0. The summed E-state index contributed by atoms with van der Waals surface area (Å²) in [4.78, 5) is 25.4. The van der Waals surface area contributed by atoms with Crippen molar-refractivity contribution in [2.75, 3.05) is 45.2 Å². The van der Waals surface area contributed by atoms with Crippen molar-refractivity contribution in [2.24, 2.45) is 5.73 Å². The van der Waals surface area contributed by atoms with Gasteiger partial charge in [-0.2, -0.15) is 0 Å². The third-order valence-electron chi connectivity index (χ3n) is 5.68. The first-order valence-corrected chi connectivity index (χ1v) is 10.8. The minimum absolute atomic E-state index is 0.187. The van der Waals surface area contributed by atoms with Crippen molar-refractivity contribution >= 4 is 11.9 Å². The molecule has 1 aromatic heterocycles. The first kappa shape index (κ1) is 21.9. The molecule has 4 rings (SSSR count). The van der Waals surface area contributed by atoms with Gasteiger partial charge in [-0.1, -0.05) is 42.5 Å². The van der Waals surface area contributed by atoms with E-state index in [1.807, 2.05) is 43.4 Å². The molecule has 32 heavy (non-hydrogen) atoms. The molecular weight excluding hydrogens is 402 g/mol. The van der Waals surface area contributed by atoms with Gasteiger partial charge in [-0.25, -0.2) is 9.97 Å². The fourth-order valence-corrected chi connectivity index (χ4v) is 3.91. The Morgan fingerprint density at radius 2 is 2.00 bits per heavy atom. The molecule has 2 heterocycles. The summed E-state index contributed by atoms with van der Waals surface area (Å²) < 4.78 is 6.18. The molecule has 7 heteroatoms. The number of carbonyl (C=O) groups excluding carboxylic acids is 1. The number of benzene rings is 2. The maximum absolute atomic E-state index is 11.7. The maximum Gasteiger partial charge on any atom is 0.248 e. The fraction of sp³-hybridized carbons (Fsp3) is 0.320. The van der Waals surface area contributed by atoms with Gasteiger partial charge in [0.25, 0.3) is 0 Å². The number of hydrogen-bond acceptors (Lipinski definition) is 6. The number of morpholine rings is 1. The summed E-state index contributed by atoms with van der Waals surface area (Å²) in [7, 11) is 3.83. The van der Waals surface area contributed by atoms with Crippen LogP contribution >= 0.6 is 0 Å². The van der Waals surface area contributed by atoms with Crippen LogP contribution < -0.4 is 10.6 Å². The van der Waals surface area contributed by atoms with Crippen LogP contribution in [0.4, 0.5) is 5.95 Å². The van der Waals surface area contributed by atoms with Crippen molar-refractivity contribution in [1.29, 1.82) is 0 Å². The SMILES string of the molecule is CN(C)c1ncc(-c2cccc(C(N)=O)c2)c([C@H]2CN(CCc3ccccc3)CCO2)n1. The zero-order chi connectivity index (χ0) is 22.5. The van der Waals surface area contributed by atoms with Crippen LogP contribution in [0.5, 0.6) is 0 Å². The van der Waals surface area contributed by atoms with Gasteiger partial charge in [0.1, 0.15) is 6.10 Å². The largest absolute Gasteiger partial charge is 0.369 e. The molecular formula is C25H29N5O2. The number of amides is 1. The van der Waals surface area contributed by atoms with E-state index in [1.165, 1.54) is 5.56 Å². The second-order valence-corrected chi connectivity index (χ2v) is 8.20. The van der Waals surface area contributed by atoms with Crippen molar-refractivity contribution in [3.8, 4) is 11.1 Å². The molecule has 0 spiro atoms. The number of nitrogens with zero attached hydrogens (tertiary/aromatic N) is 4. The number of rotatable bonds is 7. The second kappa shape index (κ2) is 9.89. The quantitative estimate of drug-likeness (QED) is 0.619. The molecule has 2 N–H and O–H groups in total.